The average Bonchev–Trinajstić information content (AvgIpc) is 2.87. The number of methoxy groups -OCH3 is 1. The summed E-state index contributed by atoms with van der Waals surface area (Å²) in [4.78, 5) is 3.26. The third kappa shape index (κ3) is 3.55. The van der Waals surface area contributed by atoms with Gasteiger partial charge in [-0.2, -0.15) is 18.4 Å². The zero-order valence-electron chi connectivity index (χ0n) is 16.3. The zero-order chi connectivity index (χ0) is 22.4. The second kappa shape index (κ2) is 7.61. The van der Waals surface area contributed by atoms with Crippen molar-refractivity contribution in [2.24, 2.45) is 0 Å². The summed E-state index contributed by atoms with van der Waals surface area (Å²) in [6.45, 7) is 3.71. The van der Waals surface area contributed by atoms with Crippen LogP contribution in [0.2, 0.25) is 5.02 Å². The molecule has 2 N–H and O–H groups in total. The quantitative estimate of drug-likeness (QED) is 0.509. The molecule has 0 aromatic heterocycles. The molecule has 1 saturated heterocycles. The molecule has 1 aliphatic rings. The van der Waals surface area contributed by atoms with Gasteiger partial charge in [-0.3, -0.25) is 4.90 Å². The number of hydrogen-bond acceptors (Lipinski definition) is 4. The molecule has 1 aliphatic heterocycles. The molecule has 158 valence electrons. The first-order valence-corrected chi connectivity index (χ1v) is 9.54. The number of rotatable bonds is 3. The normalized spacial score (nSPS) is 18.6. The van der Waals surface area contributed by atoms with Crippen molar-refractivity contribution in [2.75, 3.05) is 22.6 Å². The lowest BCUT2D eigenvalue weighted by atomic mass is 10.0. The second-order valence-corrected chi connectivity index (χ2v) is 8.05. The van der Waals surface area contributed by atoms with E-state index in [2.05, 4.69) is 0 Å². The van der Waals surface area contributed by atoms with Crippen LogP contribution < -0.4 is 15.5 Å². The summed E-state index contributed by atoms with van der Waals surface area (Å²) in [5.41, 5.74) is 4.80. The highest BCUT2D eigenvalue weighted by molar-refractivity contribution is 7.80. The maximum Gasteiger partial charge on any atom is 0.417 e. The maximum atomic E-state index is 13.5. The monoisotopic (exact) mass is 454 g/mol. The SMILES string of the molecule is COC1N(c2ccc(C#N)c(C(F)(F)F)c2)C(=S)N(c2ccc(Cl)c(N)c2)C1(C)C. The Labute approximate surface area is 182 Å². The maximum absolute atomic E-state index is 13.5. The van der Waals surface area contributed by atoms with Gasteiger partial charge in [0, 0.05) is 18.5 Å². The first kappa shape index (κ1) is 22.2. The summed E-state index contributed by atoms with van der Waals surface area (Å²) in [6.07, 6.45) is -5.40. The van der Waals surface area contributed by atoms with Crippen molar-refractivity contribution in [1.82, 2.24) is 0 Å². The van der Waals surface area contributed by atoms with Crippen LogP contribution in [0.1, 0.15) is 25.0 Å². The number of thiocarbonyl (C=S) groups is 1. The molecule has 0 radical (unpaired) electrons. The fourth-order valence-electron chi connectivity index (χ4n) is 3.65. The molecule has 1 unspecified atom stereocenters. The molecule has 0 saturated carbocycles. The van der Waals surface area contributed by atoms with Gasteiger partial charge in [0.05, 0.1) is 33.4 Å². The van der Waals surface area contributed by atoms with Crippen LogP contribution >= 0.6 is 23.8 Å². The summed E-state index contributed by atoms with van der Waals surface area (Å²) >= 11 is 11.7. The van der Waals surface area contributed by atoms with Crippen molar-refractivity contribution in [1.29, 1.82) is 5.26 Å². The van der Waals surface area contributed by atoms with Crippen molar-refractivity contribution in [3.05, 3.63) is 52.5 Å². The lowest BCUT2D eigenvalue weighted by Gasteiger charge is -2.34. The fourth-order valence-corrected chi connectivity index (χ4v) is 4.31. The molecule has 0 bridgehead atoms. The van der Waals surface area contributed by atoms with Gasteiger partial charge in [-0.05, 0) is 62.5 Å². The number of nitrogens with two attached hydrogens (primary N) is 1. The summed E-state index contributed by atoms with van der Waals surface area (Å²) in [5, 5.41) is 9.67. The third-order valence-electron chi connectivity index (χ3n) is 4.98. The van der Waals surface area contributed by atoms with E-state index in [1.54, 1.807) is 29.2 Å². The number of halogens is 4. The molecule has 1 atom stereocenters. The van der Waals surface area contributed by atoms with E-state index in [-0.39, 0.29) is 10.8 Å². The molecule has 0 spiro atoms. The van der Waals surface area contributed by atoms with Crippen LogP contribution in [0.3, 0.4) is 0 Å². The van der Waals surface area contributed by atoms with Crippen molar-refractivity contribution in [3.8, 4) is 6.07 Å². The first-order valence-electron chi connectivity index (χ1n) is 8.76. The number of alkyl halides is 3. The van der Waals surface area contributed by atoms with E-state index in [9.17, 15) is 13.2 Å². The van der Waals surface area contributed by atoms with E-state index < -0.39 is 29.1 Å². The minimum absolute atomic E-state index is 0.163. The molecule has 2 aromatic carbocycles. The number of benzene rings is 2. The van der Waals surface area contributed by atoms with Gasteiger partial charge in [-0.25, -0.2) is 0 Å². The van der Waals surface area contributed by atoms with Crippen molar-refractivity contribution >= 4 is 46.0 Å². The molecule has 3 rings (SSSR count). The molecular formula is C20H18ClF3N4OS. The lowest BCUT2D eigenvalue weighted by Crippen LogP contribution is -2.48. The van der Waals surface area contributed by atoms with Gasteiger partial charge in [0.15, 0.2) is 11.3 Å². The van der Waals surface area contributed by atoms with Gasteiger partial charge in [-0.1, -0.05) is 11.6 Å². The number of nitrogen functional groups attached to an aromatic ring is 1. The predicted octanol–water partition coefficient (Wildman–Crippen LogP) is 5.18. The van der Waals surface area contributed by atoms with Crippen LogP contribution in [0.5, 0.6) is 0 Å². The number of ether oxygens (including phenoxy) is 1. The van der Waals surface area contributed by atoms with E-state index in [1.165, 1.54) is 18.1 Å². The Morgan fingerprint density at radius 3 is 2.37 bits per heavy atom. The van der Waals surface area contributed by atoms with Gasteiger partial charge in [-0.15, -0.1) is 0 Å². The Kier molecular flexibility index (Phi) is 5.62. The molecule has 2 aromatic rings. The van der Waals surface area contributed by atoms with Crippen molar-refractivity contribution in [2.45, 2.75) is 31.8 Å². The zero-order valence-corrected chi connectivity index (χ0v) is 17.9. The van der Waals surface area contributed by atoms with E-state index in [4.69, 9.17) is 39.6 Å². The Balaban J connectivity index is 2.15. The topological polar surface area (TPSA) is 65.5 Å². The van der Waals surface area contributed by atoms with E-state index >= 15 is 0 Å². The van der Waals surface area contributed by atoms with Crippen LogP contribution in [0.25, 0.3) is 0 Å². The molecule has 5 nitrogen and oxygen atoms in total. The van der Waals surface area contributed by atoms with Crippen molar-refractivity contribution < 1.29 is 17.9 Å². The molecule has 30 heavy (non-hydrogen) atoms. The van der Waals surface area contributed by atoms with Crippen LogP contribution in [-0.4, -0.2) is 24.0 Å². The van der Waals surface area contributed by atoms with Gasteiger partial charge < -0.3 is 15.4 Å². The summed E-state index contributed by atoms with van der Waals surface area (Å²) in [6, 6.07) is 10.0. The first-order chi connectivity index (χ1) is 13.9. The van der Waals surface area contributed by atoms with Crippen LogP contribution in [0.15, 0.2) is 36.4 Å². The van der Waals surface area contributed by atoms with E-state index in [0.29, 0.717) is 16.4 Å². The minimum Gasteiger partial charge on any atom is -0.397 e. The van der Waals surface area contributed by atoms with Gasteiger partial charge >= 0.3 is 6.18 Å². The molecule has 10 heteroatoms. The number of anilines is 3. The van der Waals surface area contributed by atoms with E-state index in [1.807, 2.05) is 13.8 Å². The van der Waals surface area contributed by atoms with Crippen LogP contribution in [0, 0.1) is 11.3 Å². The average molecular weight is 455 g/mol. The van der Waals surface area contributed by atoms with E-state index in [0.717, 1.165) is 12.1 Å². The lowest BCUT2D eigenvalue weighted by molar-refractivity contribution is -0.137. The Bertz CT molecular complexity index is 1050. The second-order valence-electron chi connectivity index (χ2n) is 7.27. The summed E-state index contributed by atoms with van der Waals surface area (Å²) in [5.74, 6) is 0. The minimum atomic E-state index is -4.69. The number of nitriles is 1. The highest BCUT2D eigenvalue weighted by Crippen LogP contribution is 2.43. The summed E-state index contributed by atoms with van der Waals surface area (Å²) in [7, 11) is 1.45. The number of hydrogen-bond donors (Lipinski definition) is 1. The highest BCUT2D eigenvalue weighted by atomic mass is 35.5. The Morgan fingerprint density at radius 1 is 1.20 bits per heavy atom. The molecule has 1 heterocycles. The van der Waals surface area contributed by atoms with Gasteiger partial charge in [0.1, 0.15) is 0 Å². The molecular weight excluding hydrogens is 437 g/mol. The van der Waals surface area contributed by atoms with Gasteiger partial charge in [0.2, 0.25) is 0 Å². The van der Waals surface area contributed by atoms with Gasteiger partial charge in [0.25, 0.3) is 0 Å². The molecule has 1 fully saturated rings. The van der Waals surface area contributed by atoms with Crippen LogP contribution in [0.4, 0.5) is 30.2 Å². The fraction of sp³-hybridized carbons (Fsp3) is 0.300. The molecule has 0 amide bonds. The molecule has 0 aliphatic carbocycles. The Morgan fingerprint density at radius 2 is 1.83 bits per heavy atom. The Hall–Kier alpha value is -2.54. The smallest absolute Gasteiger partial charge is 0.397 e. The standard InChI is InChI=1S/C20H18ClF3N4OS/c1-19(2)17(29-3)27(12-5-4-11(10-25)14(8-12)20(22,23)24)18(30)28(19)13-6-7-15(21)16(26)9-13/h4-9,17H,26H2,1-3H3. The highest BCUT2D eigenvalue weighted by Gasteiger charge is 2.51. The van der Waals surface area contributed by atoms with Crippen LogP contribution in [-0.2, 0) is 10.9 Å². The number of nitrogens with zero attached hydrogens (tertiary/aromatic N) is 3. The van der Waals surface area contributed by atoms with Crippen molar-refractivity contribution in [3.63, 3.8) is 0 Å². The largest absolute Gasteiger partial charge is 0.417 e. The summed E-state index contributed by atoms with van der Waals surface area (Å²) < 4.78 is 46.1. The predicted molar refractivity (Wildman–Crippen MR) is 114 cm³/mol. The third-order valence-corrected chi connectivity index (χ3v) is 5.70.